The van der Waals surface area contributed by atoms with Crippen molar-refractivity contribution in [1.29, 1.82) is 0 Å². The van der Waals surface area contributed by atoms with Crippen molar-refractivity contribution in [2.75, 3.05) is 7.11 Å². The molecule has 1 saturated carbocycles. The molecule has 0 unspecified atom stereocenters. The average Bonchev–Trinajstić information content (AvgIpc) is 3.37. The van der Waals surface area contributed by atoms with Gasteiger partial charge in [-0.1, -0.05) is 0 Å². The minimum absolute atomic E-state index is 0.00851. The molecule has 8 heteroatoms. The van der Waals surface area contributed by atoms with Crippen LogP contribution < -0.4 is 14.9 Å². The number of esters is 1. The molecule has 1 aromatic heterocycles. The molecule has 25 heavy (non-hydrogen) atoms. The Morgan fingerprint density at radius 2 is 2.12 bits per heavy atom. The summed E-state index contributed by atoms with van der Waals surface area (Å²) >= 11 is 3.26. The van der Waals surface area contributed by atoms with Crippen LogP contribution in [-0.2, 0) is 4.79 Å². The number of carbonyl (C=O) groups excluding carboxylic acids is 2. The third-order valence-electron chi connectivity index (χ3n) is 3.58. The molecule has 0 atom stereocenters. The van der Waals surface area contributed by atoms with Gasteiger partial charge in [-0.05, 0) is 58.6 Å². The summed E-state index contributed by atoms with van der Waals surface area (Å²) in [5.74, 6) is 0.219. The molecule has 2 aromatic rings. The molecule has 1 aromatic carbocycles. The Balaban J connectivity index is 1.63. The van der Waals surface area contributed by atoms with Crippen molar-refractivity contribution in [3.63, 3.8) is 0 Å². The molecule has 1 heterocycles. The molecule has 7 nitrogen and oxygen atoms in total. The summed E-state index contributed by atoms with van der Waals surface area (Å²) in [6.45, 7) is 0. The van der Waals surface area contributed by atoms with Crippen LogP contribution in [0.3, 0.4) is 0 Å². The lowest BCUT2D eigenvalue weighted by Gasteiger charge is -2.09. The Morgan fingerprint density at radius 1 is 1.32 bits per heavy atom. The highest BCUT2D eigenvalue weighted by molar-refractivity contribution is 9.10. The van der Waals surface area contributed by atoms with Crippen molar-refractivity contribution in [2.24, 2.45) is 11.0 Å². The molecule has 1 aliphatic carbocycles. The Hall–Kier alpha value is -2.61. The molecule has 130 valence electrons. The number of rotatable bonds is 6. The van der Waals surface area contributed by atoms with E-state index in [2.05, 4.69) is 31.4 Å². The zero-order valence-electron chi connectivity index (χ0n) is 13.4. The van der Waals surface area contributed by atoms with Crippen LogP contribution in [0.25, 0.3) is 0 Å². The molecule has 1 aliphatic rings. The van der Waals surface area contributed by atoms with Gasteiger partial charge in [0.2, 0.25) is 0 Å². The molecule has 1 amide bonds. The lowest BCUT2D eigenvalue weighted by molar-refractivity contribution is -0.135. The fraction of sp³-hybridized carbons (Fsp3) is 0.235. The summed E-state index contributed by atoms with van der Waals surface area (Å²) in [4.78, 5) is 26.4. The molecular formula is C17H16BrN3O4. The van der Waals surface area contributed by atoms with Crippen molar-refractivity contribution in [2.45, 2.75) is 12.8 Å². The quantitative estimate of drug-likeness (QED) is 0.334. The standard InChI is InChI=1S/C17H16BrN3O4/c1-24-15-6-10(2-5-14(15)25-17(23)11-3-4-11)8-20-21-16(22)13-7-12(18)9-19-13/h2,5-9,11,19H,3-4H2,1H3,(H,21,22)/b20-8-. The van der Waals surface area contributed by atoms with Crippen LogP contribution in [-0.4, -0.2) is 30.2 Å². The van der Waals surface area contributed by atoms with Gasteiger partial charge in [-0.25, -0.2) is 5.43 Å². The average molecular weight is 406 g/mol. The van der Waals surface area contributed by atoms with E-state index in [0.717, 1.165) is 17.3 Å². The zero-order chi connectivity index (χ0) is 17.8. The van der Waals surface area contributed by atoms with Crippen LogP contribution in [0.1, 0.15) is 28.9 Å². The molecule has 3 rings (SSSR count). The molecule has 0 bridgehead atoms. The number of methoxy groups -OCH3 is 1. The van der Waals surface area contributed by atoms with Gasteiger partial charge in [-0.3, -0.25) is 9.59 Å². The molecular weight excluding hydrogens is 390 g/mol. The maximum absolute atomic E-state index is 11.9. The number of nitrogens with one attached hydrogen (secondary N) is 2. The van der Waals surface area contributed by atoms with E-state index in [1.165, 1.54) is 13.3 Å². The van der Waals surface area contributed by atoms with Crippen molar-refractivity contribution in [3.8, 4) is 11.5 Å². The topological polar surface area (TPSA) is 92.8 Å². The Labute approximate surface area is 152 Å². The molecule has 0 radical (unpaired) electrons. The van der Waals surface area contributed by atoms with Gasteiger partial charge >= 0.3 is 5.97 Å². The smallest absolute Gasteiger partial charge is 0.314 e. The van der Waals surface area contributed by atoms with E-state index in [-0.39, 0.29) is 17.8 Å². The first-order chi connectivity index (χ1) is 12.1. The first kappa shape index (κ1) is 17.2. The van der Waals surface area contributed by atoms with Crippen LogP contribution in [0.15, 0.2) is 40.0 Å². The van der Waals surface area contributed by atoms with E-state index in [0.29, 0.717) is 22.8 Å². The first-order valence-corrected chi connectivity index (χ1v) is 8.43. The number of aromatic nitrogens is 1. The number of hydrazone groups is 1. The van der Waals surface area contributed by atoms with E-state index >= 15 is 0 Å². The number of hydrogen-bond acceptors (Lipinski definition) is 5. The van der Waals surface area contributed by atoms with Gasteiger partial charge in [-0.2, -0.15) is 5.10 Å². The molecule has 2 N–H and O–H groups in total. The number of nitrogens with zero attached hydrogens (tertiary/aromatic N) is 1. The van der Waals surface area contributed by atoms with E-state index in [1.54, 1.807) is 30.5 Å². The van der Waals surface area contributed by atoms with Gasteiger partial charge in [0, 0.05) is 10.7 Å². The van der Waals surface area contributed by atoms with Crippen molar-refractivity contribution in [3.05, 3.63) is 46.2 Å². The number of aromatic amines is 1. The summed E-state index contributed by atoms with van der Waals surface area (Å²) in [5, 5.41) is 3.91. The predicted molar refractivity (Wildman–Crippen MR) is 94.9 cm³/mol. The second-order valence-corrected chi connectivity index (χ2v) is 6.45. The third-order valence-corrected chi connectivity index (χ3v) is 4.04. The van der Waals surface area contributed by atoms with Crippen molar-refractivity contribution in [1.82, 2.24) is 10.4 Å². The molecule has 0 aliphatic heterocycles. The van der Waals surface area contributed by atoms with Crippen LogP contribution in [0, 0.1) is 5.92 Å². The predicted octanol–water partition coefficient (Wildman–Crippen LogP) is 2.87. The number of amides is 1. The summed E-state index contributed by atoms with van der Waals surface area (Å²) in [6, 6.07) is 6.69. The van der Waals surface area contributed by atoms with Gasteiger partial charge in [0.1, 0.15) is 5.69 Å². The van der Waals surface area contributed by atoms with Gasteiger partial charge < -0.3 is 14.5 Å². The Morgan fingerprint density at radius 3 is 2.76 bits per heavy atom. The summed E-state index contributed by atoms with van der Waals surface area (Å²) in [5.41, 5.74) is 3.50. The Bertz CT molecular complexity index is 827. The van der Waals surface area contributed by atoms with E-state index in [9.17, 15) is 9.59 Å². The van der Waals surface area contributed by atoms with Gasteiger partial charge in [0.25, 0.3) is 5.91 Å². The summed E-state index contributed by atoms with van der Waals surface area (Å²) in [7, 11) is 1.50. The number of H-pyrrole nitrogens is 1. The monoisotopic (exact) mass is 405 g/mol. The van der Waals surface area contributed by atoms with Gasteiger partial charge in [-0.15, -0.1) is 0 Å². The van der Waals surface area contributed by atoms with Crippen LogP contribution in [0.5, 0.6) is 11.5 Å². The Kier molecular flexibility index (Phi) is 5.18. The highest BCUT2D eigenvalue weighted by Gasteiger charge is 2.32. The van der Waals surface area contributed by atoms with Crippen LogP contribution >= 0.6 is 15.9 Å². The minimum atomic E-state index is -0.358. The number of benzene rings is 1. The van der Waals surface area contributed by atoms with Crippen LogP contribution in [0.4, 0.5) is 0 Å². The van der Waals surface area contributed by atoms with E-state index in [4.69, 9.17) is 9.47 Å². The number of carbonyl (C=O) groups is 2. The SMILES string of the molecule is COc1cc(/C=N\NC(=O)c2cc(Br)c[nH]2)ccc1OC(=O)C1CC1. The summed E-state index contributed by atoms with van der Waals surface area (Å²) < 4.78 is 11.4. The lowest BCUT2D eigenvalue weighted by atomic mass is 10.2. The van der Waals surface area contributed by atoms with E-state index in [1.807, 2.05) is 0 Å². The minimum Gasteiger partial charge on any atom is -0.493 e. The lowest BCUT2D eigenvalue weighted by Crippen LogP contribution is -2.17. The number of ether oxygens (including phenoxy) is 2. The maximum atomic E-state index is 11.9. The third kappa shape index (κ3) is 4.48. The van der Waals surface area contributed by atoms with Crippen LogP contribution in [0.2, 0.25) is 0 Å². The maximum Gasteiger partial charge on any atom is 0.314 e. The molecule has 0 saturated heterocycles. The largest absolute Gasteiger partial charge is 0.493 e. The molecule has 1 fully saturated rings. The molecule has 0 spiro atoms. The van der Waals surface area contributed by atoms with Gasteiger partial charge in [0.15, 0.2) is 11.5 Å². The number of halogens is 1. The fourth-order valence-corrected chi connectivity index (χ4v) is 2.43. The second-order valence-electron chi connectivity index (χ2n) is 5.54. The second kappa shape index (κ2) is 7.52. The van der Waals surface area contributed by atoms with Crippen molar-refractivity contribution < 1.29 is 19.1 Å². The van der Waals surface area contributed by atoms with Gasteiger partial charge in [0.05, 0.1) is 19.2 Å². The van der Waals surface area contributed by atoms with Crippen molar-refractivity contribution >= 4 is 34.0 Å². The normalized spacial score (nSPS) is 13.7. The fourth-order valence-electron chi connectivity index (χ4n) is 2.08. The highest BCUT2D eigenvalue weighted by Crippen LogP contribution is 2.34. The number of hydrogen-bond donors (Lipinski definition) is 2. The summed E-state index contributed by atoms with van der Waals surface area (Å²) in [6.07, 6.45) is 4.89. The zero-order valence-corrected chi connectivity index (χ0v) is 15.0. The van der Waals surface area contributed by atoms with E-state index < -0.39 is 0 Å². The first-order valence-electron chi connectivity index (χ1n) is 7.64. The highest BCUT2D eigenvalue weighted by atomic mass is 79.9.